The predicted molar refractivity (Wildman–Crippen MR) is 101 cm³/mol. The van der Waals surface area contributed by atoms with Gasteiger partial charge in [0.1, 0.15) is 0 Å². The number of fused-ring (bicyclic) bond motifs is 1. The van der Waals surface area contributed by atoms with Gasteiger partial charge in [0.2, 0.25) is 5.91 Å². The molecule has 0 radical (unpaired) electrons. The van der Waals surface area contributed by atoms with Crippen molar-refractivity contribution in [3.8, 4) is 0 Å². The minimum atomic E-state index is -0.0733. The molecular weight excluding hydrogens is 334 g/mol. The maximum Gasteiger partial charge on any atom is 0.317 e. The normalized spacial score (nSPS) is 14.6. The molecule has 0 saturated heterocycles. The first kappa shape index (κ1) is 17.5. The van der Waals surface area contributed by atoms with E-state index < -0.39 is 0 Å². The Kier molecular flexibility index (Phi) is 5.38. The largest absolute Gasteiger partial charge is 0.335 e. The van der Waals surface area contributed by atoms with Gasteiger partial charge in [0.25, 0.3) is 0 Å². The summed E-state index contributed by atoms with van der Waals surface area (Å²) in [7, 11) is 0. The summed E-state index contributed by atoms with van der Waals surface area (Å²) in [4.78, 5) is 25.7. The number of benzene rings is 1. The van der Waals surface area contributed by atoms with Crippen molar-refractivity contribution in [1.82, 2.24) is 10.2 Å². The van der Waals surface area contributed by atoms with Crippen molar-refractivity contribution >= 4 is 29.0 Å². The predicted octanol–water partition coefficient (Wildman–Crippen LogP) is 3.41. The molecule has 2 heterocycles. The molecule has 1 aliphatic heterocycles. The van der Waals surface area contributed by atoms with E-state index in [-0.39, 0.29) is 18.0 Å². The second-order valence-corrected chi connectivity index (χ2v) is 7.26. The molecule has 25 heavy (non-hydrogen) atoms. The van der Waals surface area contributed by atoms with E-state index in [0.717, 1.165) is 29.7 Å². The molecule has 2 aromatic rings. The summed E-state index contributed by atoms with van der Waals surface area (Å²) < 4.78 is 0. The highest BCUT2D eigenvalue weighted by Crippen LogP contribution is 2.26. The molecule has 132 valence electrons. The van der Waals surface area contributed by atoms with Crippen LogP contribution in [0.2, 0.25) is 0 Å². The average Bonchev–Trinajstić information content (AvgIpc) is 3.06. The van der Waals surface area contributed by atoms with E-state index >= 15 is 0 Å². The van der Waals surface area contributed by atoms with E-state index in [1.165, 1.54) is 12.5 Å². The second-order valence-electron chi connectivity index (χ2n) is 6.48. The topological polar surface area (TPSA) is 61.4 Å². The van der Waals surface area contributed by atoms with Crippen LogP contribution in [0.15, 0.2) is 35.0 Å². The maximum absolute atomic E-state index is 12.6. The van der Waals surface area contributed by atoms with Gasteiger partial charge in [0, 0.05) is 31.7 Å². The SMILES string of the molecule is CC(=O)Nc1cccc2c1CCN(C(=O)NC(C)Cc1ccsc1)C2. The first-order chi connectivity index (χ1) is 12.0. The molecule has 6 heteroatoms. The summed E-state index contributed by atoms with van der Waals surface area (Å²) in [5.74, 6) is -0.0733. The standard InChI is InChI=1S/C19H23N3O2S/c1-13(10-15-7-9-25-12-15)20-19(24)22-8-6-17-16(11-22)4-3-5-18(17)21-14(2)23/h3-5,7,9,12-13H,6,8,10-11H2,1-2H3,(H,20,24)(H,21,23). The van der Waals surface area contributed by atoms with Gasteiger partial charge < -0.3 is 15.5 Å². The van der Waals surface area contributed by atoms with Crippen LogP contribution < -0.4 is 10.6 Å². The van der Waals surface area contributed by atoms with Gasteiger partial charge in [0.15, 0.2) is 0 Å². The van der Waals surface area contributed by atoms with Gasteiger partial charge in [0.05, 0.1) is 0 Å². The summed E-state index contributed by atoms with van der Waals surface area (Å²) in [6.45, 7) is 4.76. The summed E-state index contributed by atoms with van der Waals surface area (Å²) in [6, 6.07) is 8.01. The number of rotatable bonds is 4. The lowest BCUT2D eigenvalue weighted by atomic mass is 9.98. The Morgan fingerprint density at radius 2 is 2.16 bits per heavy atom. The van der Waals surface area contributed by atoms with Crippen molar-refractivity contribution in [2.75, 3.05) is 11.9 Å². The van der Waals surface area contributed by atoms with E-state index in [1.807, 2.05) is 30.0 Å². The number of nitrogens with zero attached hydrogens (tertiary/aromatic N) is 1. The van der Waals surface area contributed by atoms with Crippen molar-refractivity contribution in [2.45, 2.75) is 39.3 Å². The van der Waals surface area contributed by atoms with Crippen molar-refractivity contribution < 1.29 is 9.59 Å². The summed E-state index contributed by atoms with van der Waals surface area (Å²) in [5, 5.41) is 10.1. The molecule has 2 N–H and O–H groups in total. The van der Waals surface area contributed by atoms with E-state index in [0.29, 0.717) is 13.1 Å². The molecule has 1 aromatic heterocycles. The number of urea groups is 1. The lowest BCUT2D eigenvalue weighted by Gasteiger charge is -2.31. The minimum absolute atomic E-state index is 0.0293. The molecule has 1 unspecified atom stereocenters. The zero-order valence-electron chi connectivity index (χ0n) is 14.5. The van der Waals surface area contributed by atoms with Gasteiger partial charge in [-0.15, -0.1) is 0 Å². The summed E-state index contributed by atoms with van der Waals surface area (Å²) in [6.07, 6.45) is 1.59. The van der Waals surface area contributed by atoms with Gasteiger partial charge in [-0.1, -0.05) is 12.1 Å². The van der Waals surface area contributed by atoms with E-state index in [1.54, 1.807) is 11.3 Å². The van der Waals surface area contributed by atoms with Crippen LogP contribution in [0.4, 0.5) is 10.5 Å². The third kappa shape index (κ3) is 4.39. The van der Waals surface area contributed by atoms with E-state index in [4.69, 9.17) is 0 Å². The van der Waals surface area contributed by atoms with Gasteiger partial charge >= 0.3 is 6.03 Å². The zero-order chi connectivity index (χ0) is 17.8. The zero-order valence-corrected chi connectivity index (χ0v) is 15.4. The molecule has 0 saturated carbocycles. The highest BCUT2D eigenvalue weighted by molar-refractivity contribution is 7.07. The Hall–Kier alpha value is -2.34. The quantitative estimate of drug-likeness (QED) is 0.881. The molecule has 3 amide bonds. The van der Waals surface area contributed by atoms with Gasteiger partial charge in [-0.3, -0.25) is 4.79 Å². The Balaban J connectivity index is 1.62. The number of amides is 3. The van der Waals surface area contributed by atoms with Crippen molar-refractivity contribution in [3.63, 3.8) is 0 Å². The van der Waals surface area contributed by atoms with Crippen LogP contribution in [0, 0.1) is 0 Å². The number of nitrogens with one attached hydrogen (secondary N) is 2. The van der Waals surface area contributed by atoms with E-state index in [2.05, 4.69) is 27.5 Å². The maximum atomic E-state index is 12.6. The van der Waals surface area contributed by atoms with Gasteiger partial charge in [-0.05, 0) is 59.3 Å². The Morgan fingerprint density at radius 1 is 1.32 bits per heavy atom. The van der Waals surface area contributed by atoms with Crippen molar-refractivity contribution in [1.29, 1.82) is 0 Å². The smallest absolute Gasteiger partial charge is 0.317 e. The number of anilines is 1. The highest BCUT2D eigenvalue weighted by Gasteiger charge is 2.23. The number of hydrogen-bond acceptors (Lipinski definition) is 3. The molecule has 0 bridgehead atoms. The van der Waals surface area contributed by atoms with Crippen molar-refractivity contribution in [3.05, 3.63) is 51.7 Å². The summed E-state index contributed by atoms with van der Waals surface area (Å²) in [5.41, 5.74) is 4.34. The first-order valence-electron chi connectivity index (χ1n) is 8.48. The molecule has 3 rings (SSSR count). The third-order valence-electron chi connectivity index (χ3n) is 4.36. The lowest BCUT2D eigenvalue weighted by molar-refractivity contribution is -0.114. The molecule has 5 nitrogen and oxygen atoms in total. The molecule has 1 aromatic carbocycles. The Bertz CT molecular complexity index is 758. The number of thiophene rings is 1. The first-order valence-corrected chi connectivity index (χ1v) is 9.42. The molecule has 0 aliphatic carbocycles. The van der Waals surface area contributed by atoms with Crippen LogP contribution in [0.5, 0.6) is 0 Å². The van der Waals surface area contributed by atoms with Crippen molar-refractivity contribution in [2.24, 2.45) is 0 Å². The average molecular weight is 357 g/mol. The fraction of sp³-hybridized carbons (Fsp3) is 0.368. The number of hydrogen-bond donors (Lipinski definition) is 2. The third-order valence-corrected chi connectivity index (χ3v) is 5.09. The lowest BCUT2D eigenvalue weighted by Crippen LogP contribution is -2.46. The van der Waals surface area contributed by atoms with Crippen LogP contribution in [-0.4, -0.2) is 29.4 Å². The Labute approximate surface area is 152 Å². The van der Waals surface area contributed by atoms with Crippen LogP contribution >= 0.6 is 11.3 Å². The minimum Gasteiger partial charge on any atom is -0.335 e. The second kappa shape index (κ2) is 7.70. The van der Waals surface area contributed by atoms with Crippen LogP contribution in [0.25, 0.3) is 0 Å². The molecule has 1 aliphatic rings. The van der Waals surface area contributed by atoms with Crippen LogP contribution in [0.3, 0.4) is 0 Å². The van der Waals surface area contributed by atoms with E-state index in [9.17, 15) is 9.59 Å². The summed E-state index contributed by atoms with van der Waals surface area (Å²) >= 11 is 1.67. The molecule has 0 fully saturated rings. The number of carbonyl (C=O) groups is 2. The Morgan fingerprint density at radius 3 is 2.88 bits per heavy atom. The van der Waals surface area contributed by atoms with Crippen LogP contribution in [0.1, 0.15) is 30.5 Å². The van der Waals surface area contributed by atoms with Crippen LogP contribution in [-0.2, 0) is 24.2 Å². The fourth-order valence-electron chi connectivity index (χ4n) is 3.21. The molecule has 1 atom stereocenters. The monoisotopic (exact) mass is 357 g/mol. The molecular formula is C19H23N3O2S. The number of carbonyl (C=O) groups excluding carboxylic acids is 2. The molecule has 0 spiro atoms. The van der Waals surface area contributed by atoms with Gasteiger partial charge in [-0.25, -0.2) is 4.79 Å². The van der Waals surface area contributed by atoms with Gasteiger partial charge in [-0.2, -0.15) is 11.3 Å². The fourth-order valence-corrected chi connectivity index (χ4v) is 3.89. The highest BCUT2D eigenvalue weighted by atomic mass is 32.1.